The van der Waals surface area contributed by atoms with E-state index in [4.69, 9.17) is 14.3 Å². The fourth-order valence-electron chi connectivity index (χ4n) is 1.03. The topological polar surface area (TPSA) is 84.9 Å². The molecule has 0 aliphatic carbocycles. The second-order valence-corrected chi connectivity index (χ2v) is 2.77. The fraction of sp³-hybridized carbons (Fsp3) is 0.100. The molecule has 0 unspecified atom stereocenters. The minimum atomic E-state index is -0.281. The van der Waals surface area contributed by atoms with E-state index in [0.717, 1.165) is 0 Å². The monoisotopic (exact) mass is 237 g/mol. The van der Waals surface area contributed by atoms with Gasteiger partial charge >= 0.3 is 6.15 Å². The molecule has 0 saturated carbocycles. The van der Waals surface area contributed by atoms with Gasteiger partial charge in [0.1, 0.15) is 18.6 Å². The Bertz CT molecular complexity index is 481. The molecule has 0 aliphatic rings. The molecule has 1 aromatic carbocycles. The quantitative estimate of drug-likeness (QED) is 0.858. The van der Waals surface area contributed by atoms with Gasteiger partial charge < -0.3 is 4.74 Å². The first kappa shape index (κ1) is 12.5. The van der Waals surface area contributed by atoms with E-state index in [1.165, 1.54) is 12.3 Å². The number of ether oxygens (including phenoxy) is 1. The van der Waals surface area contributed by atoms with Crippen LogP contribution < -0.4 is 4.74 Å². The Morgan fingerprint density at radius 3 is 2.65 bits per heavy atom. The van der Waals surface area contributed by atoms with E-state index in [0.29, 0.717) is 11.4 Å². The van der Waals surface area contributed by atoms with Crippen molar-refractivity contribution >= 4 is 6.15 Å². The van der Waals surface area contributed by atoms with Crippen LogP contribution in [0.5, 0.6) is 5.88 Å². The first-order chi connectivity index (χ1) is 8.27. The Hall–Kier alpha value is -2.53. The lowest BCUT2D eigenvalue weighted by Gasteiger charge is -2.02. The van der Waals surface area contributed by atoms with Gasteiger partial charge in [-0.3, -0.25) is 0 Å². The highest BCUT2D eigenvalue weighted by Gasteiger charge is 2.02. The SMILES string of the molecule is Fc1ccccc1COc1cn[nH]n1.O=C=O. The zero-order chi connectivity index (χ0) is 12.5. The zero-order valence-corrected chi connectivity index (χ0v) is 8.59. The largest absolute Gasteiger partial charge is 0.470 e. The summed E-state index contributed by atoms with van der Waals surface area (Å²) >= 11 is 0. The second kappa shape index (κ2) is 6.86. The number of carbonyl (C=O) groups excluding carboxylic acids is 2. The summed E-state index contributed by atoms with van der Waals surface area (Å²) in [7, 11) is 0. The summed E-state index contributed by atoms with van der Waals surface area (Å²) in [6.07, 6.45) is 1.68. The summed E-state index contributed by atoms with van der Waals surface area (Å²) in [5.41, 5.74) is 0.496. The summed E-state index contributed by atoms with van der Waals surface area (Å²) < 4.78 is 18.3. The van der Waals surface area contributed by atoms with E-state index in [2.05, 4.69) is 15.4 Å². The molecule has 0 atom stereocenters. The van der Waals surface area contributed by atoms with E-state index in [1.807, 2.05) is 0 Å². The number of H-pyrrole nitrogens is 1. The lowest BCUT2D eigenvalue weighted by molar-refractivity contribution is -0.191. The molecule has 0 amide bonds. The zero-order valence-electron chi connectivity index (χ0n) is 8.59. The van der Waals surface area contributed by atoms with Crippen molar-refractivity contribution in [1.82, 2.24) is 15.4 Å². The Balaban J connectivity index is 0.000000437. The number of hydrogen-bond acceptors (Lipinski definition) is 5. The number of aromatic nitrogens is 3. The van der Waals surface area contributed by atoms with Crippen LogP contribution in [0.2, 0.25) is 0 Å². The van der Waals surface area contributed by atoms with Gasteiger partial charge in [-0.2, -0.15) is 19.9 Å². The molecule has 0 bridgehead atoms. The first-order valence-corrected chi connectivity index (χ1v) is 4.49. The third-order valence-corrected chi connectivity index (χ3v) is 1.73. The molecular weight excluding hydrogens is 229 g/mol. The van der Waals surface area contributed by atoms with Gasteiger partial charge in [-0.1, -0.05) is 18.2 Å². The van der Waals surface area contributed by atoms with E-state index in [9.17, 15) is 4.39 Å². The molecule has 88 valence electrons. The minimum absolute atomic E-state index is 0.152. The molecule has 0 saturated heterocycles. The highest BCUT2D eigenvalue weighted by molar-refractivity contribution is 5.20. The van der Waals surface area contributed by atoms with Crippen molar-refractivity contribution in [3.63, 3.8) is 0 Å². The van der Waals surface area contributed by atoms with Gasteiger partial charge in [-0.05, 0) is 6.07 Å². The molecule has 17 heavy (non-hydrogen) atoms. The van der Waals surface area contributed by atoms with Crippen LogP contribution >= 0.6 is 0 Å². The van der Waals surface area contributed by atoms with Gasteiger partial charge in [0.05, 0.1) is 0 Å². The number of aromatic amines is 1. The lowest BCUT2D eigenvalue weighted by atomic mass is 10.2. The number of halogens is 1. The van der Waals surface area contributed by atoms with Gasteiger partial charge in [0.25, 0.3) is 5.88 Å². The van der Waals surface area contributed by atoms with Crippen molar-refractivity contribution in [3.05, 3.63) is 41.8 Å². The van der Waals surface area contributed by atoms with Crippen LogP contribution in [0.4, 0.5) is 4.39 Å². The highest BCUT2D eigenvalue weighted by atomic mass is 19.1. The molecule has 1 aromatic heterocycles. The van der Waals surface area contributed by atoms with Crippen molar-refractivity contribution in [2.24, 2.45) is 0 Å². The molecule has 2 rings (SSSR count). The van der Waals surface area contributed by atoms with Crippen molar-refractivity contribution in [1.29, 1.82) is 0 Å². The predicted molar refractivity (Wildman–Crippen MR) is 52.1 cm³/mol. The van der Waals surface area contributed by atoms with Crippen LogP contribution in [0.1, 0.15) is 5.56 Å². The summed E-state index contributed by atoms with van der Waals surface area (Å²) in [5.74, 6) is 0.0734. The maximum absolute atomic E-state index is 13.1. The van der Waals surface area contributed by atoms with Crippen molar-refractivity contribution in [2.75, 3.05) is 0 Å². The van der Waals surface area contributed by atoms with Gasteiger partial charge in [-0.25, -0.2) is 4.39 Å². The molecule has 1 heterocycles. The van der Waals surface area contributed by atoms with Crippen LogP contribution in [0.3, 0.4) is 0 Å². The molecule has 1 N–H and O–H groups in total. The van der Waals surface area contributed by atoms with Crippen molar-refractivity contribution in [3.8, 4) is 5.88 Å². The van der Waals surface area contributed by atoms with Crippen LogP contribution in [0.15, 0.2) is 30.5 Å². The predicted octanol–water partition coefficient (Wildman–Crippen LogP) is 0.939. The lowest BCUT2D eigenvalue weighted by Crippen LogP contribution is -1.98. The number of rotatable bonds is 3. The molecule has 0 radical (unpaired) electrons. The standard InChI is InChI=1S/C9H8FN3O.CO2/c10-8-4-2-1-3-7(8)6-14-9-5-11-13-12-9;2-1-3/h1-5H,6H2,(H,11,12,13);. The van der Waals surface area contributed by atoms with Crippen molar-refractivity contribution in [2.45, 2.75) is 6.61 Å². The molecule has 2 aromatic rings. The maximum Gasteiger partial charge on any atom is 0.373 e. The average Bonchev–Trinajstić information content (AvgIpc) is 2.82. The first-order valence-electron chi connectivity index (χ1n) is 4.49. The fourth-order valence-corrected chi connectivity index (χ4v) is 1.03. The Kier molecular flexibility index (Phi) is 5.06. The number of nitrogens with one attached hydrogen (secondary N) is 1. The Morgan fingerprint density at radius 1 is 1.35 bits per heavy atom. The molecule has 6 nitrogen and oxygen atoms in total. The number of benzene rings is 1. The number of hydrogen-bond donors (Lipinski definition) is 1. The average molecular weight is 237 g/mol. The summed E-state index contributed by atoms with van der Waals surface area (Å²) in [4.78, 5) is 16.2. The Morgan fingerprint density at radius 2 is 2.06 bits per heavy atom. The highest BCUT2D eigenvalue weighted by Crippen LogP contribution is 2.09. The maximum atomic E-state index is 13.1. The summed E-state index contributed by atoms with van der Waals surface area (Å²) in [6, 6.07) is 6.44. The molecule has 0 fully saturated rings. The van der Waals surface area contributed by atoms with Crippen LogP contribution in [0.25, 0.3) is 0 Å². The number of nitrogens with zero attached hydrogens (tertiary/aromatic N) is 2. The van der Waals surface area contributed by atoms with Gasteiger partial charge in [0.2, 0.25) is 0 Å². The normalized spacial score (nSPS) is 8.76. The second-order valence-electron chi connectivity index (χ2n) is 2.77. The van der Waals surface area contributed by atoms with Gasteiger partial charge in [0, 0.05) is 5.56 Å². The third-order valence-electron chi connectivity index (χ3n) is 1.73. The van der Waals surface area contributed by atoms with Crippen LogP contribution in [0, 0.1) is 5.82 Å². The third kappa shape index (κ3) is 4.23. The van der Waals surface area contributed by atoms with Crippen LogP contribution in [-0.2, 0) is 16.2 Å². The minimum Gasteiger partial charge on any atom is -0.470 e. The van der Waals surface area contributed by atoms with E-state index < -0.39 is 0 Å². The van der Waals surface area contributed by atoms with E-state index in [1.54, 1.807) is 18.2 Å². The molecule has 7 heteroatoms. The summed E-state index contributed by atoms with van der Waals surface area (Å²) in [6.45, 7) is 0.152. The van der Waals surface area contributed by atoms with E-state index in [-0.39, 0.29) is 18.6 Å². The summed E-state index contributed by atoms with van der Waals surface area (Å²) in [5, 5.41) is 9.64. The molecule has 0 aliphatic heterocycles. The molecular formula is C10H8FN3O3. The van der Waals surface area contributed by atoms with Crippen LogP contribution in [-0.4, -0.2) is 21.6 Å². The van der Waals surface area contributed by atoms with Gasteiger partial charge in [-0.15, -0.1) is 5.10 Å². The Labute approximate surface area is 95.4 Å². The van der Waals surface area contributed by atoms with E-state index >= 15 is 0 Å². The smallest absolute Gasteiger partial charge is 0.373 e. The van der Waals surface area contributed by atoms with Gasteiger partial charge in [0.15, 0.2) is 0 Å². The molecule has 0 spiro atoms. The van der Waals surface area contributed by atoms with Crippen molar-refractivity contribution < 1.29 is 18.7 Å².